The van der Waals surface area contributed by atoms with Crippen molar-refractivity contribution in [1.82, 2.24) is 9.80 Å². The first kappa shape index (κ1) is 19.4. The Hall–Kier alpha value is -1.88. The molecule has 0 aromatic heterocycles. The second kappa shape index (κ2) is 7.86. The fourth-order valence-electron chi connectivity index (χ4n) is 5.42. The number of amides is 1. The average molecular weight is 385 g/mol. The van der Waals surface area contributed by atoms with Crippen LogP contribution >= 0.6 is 0 Å². The monoisotopic (exact) mass is 384 g/mol. The van der Waals surface area contributed by atoms with Crippen LogP contribution in [0.4, 0.5) is 0 Å². The summed E-state index contributed by atoms with van der Waals surface area (Å²) in [5.74, 6) is 0.159. The number of benzene rings is 1. The van der Waals surface area contributed by atoms with E-state index in [-0.39, 0.29) is 11.9 Å². The first-order chi connectivity index (χ1) is 13.6. The summed E-state index contributed by atoms with van der Waals surface area (Å²) in [5, 5.41) is 0. The predicted molar refractivity (Wildman–Crippen MR) is 108 cm³/mol. The molecule has 0 bridgehead atoms. The third-order valence-electron chi connectivity index (χ3n) is 7.15. The van der Waals surface area contributed by atoms with Crippen molar-refractivity contribution >= 4 is 11.9 Å². The summed E-state index contributed by atoms with van der Waals surface area (Å²) in [7, 11) is 0. The number of nitrogens with zero attached hydrogens (tertiary/aromatic N) is 2. The molecule has 2 heterocycles. The fourth-order valence-corrected chi connectivity index (χ4v) is 5.42. The summed E-state index contributed by atoms with van der Waals surface area (Å²) in [4.78, 5) is 29.9. The molecule has 4 rings (SSSR count). The van der Waals surface area contributed by atoms with E-state index in [1.807, 2.05) is 24.3 Å². The van der Waals surface area contributed by atoms with Crippen LogP contribution in [0.2, 0.25) is 0 Å². The Balaban J connectivity index is 1.35. The fraction of sp³-hybridized carbons (Fsp3) is 0.652. The zero-order chi connectivity index (χ0) is 19.7. The molecule has 1 amide bonds. The quantitative estimate of drug-likeness (QED) is 0.745. The Morgan fingerprint density at radius 3 is 2.39 bits per heavy atom. The van der Waals surface area contributed by atoms with Crippen LogP contribution < -0.4 is 0 Å². The molecule has 5 heteroatoms. The zero-order valence-electron chi connectivity index (χ0n) is 17.2. The highest BCUT2D eigenvalue weighted by atomic mass is 16.6. The minimum Gasteiger partial charge on any atom is -0.451 e. The van der Waals surface area contributed by atoms with Gasteiger partial charge >= 0.3 is 5.97 Å². The van der Waals surface area contributed by atoms with Crippen molar-refractivity contribution in [3.63, 3.8) is 0 Å². The van der Waals surface area contributed by atoms with Crippen molar-refractivity contribution in [3.8, 4) is 0 Å². The van der Waals surface area contributed by atoms with Gasteiger partial charge in [-0.3, -0.25) is 9.69 Å². The largest absolute Gasteiger partial charge is 0.451 e. The Kier molecular flexibility index (Phi) is 5.46. The van der Waals surface area contributed by atoms with E-state index in [9.17, 15) is 9.59 Å². The van der Waals surface area contributed by atoms with Gasteiger partial charge in [-0.25, -0.2) is 4.79 Å². The molecule has 1 aromatic carbocycles. The van der Waals surface area contributed by atoms with Gasteiger partial charge in [-0.2, -0.15) is 0 Å². The number of hydrogen-bond acceptors (Lipinski definition) is 4. The van der Waals surface area contributed by atoms with Gasteiger partial charge < -0.3 is 9.64 Å². The summed E-state index contributed by atoms with van der Waals surface area (Å²) in [6.07, 6.45) is 5.45. The second-order valence-electron chi connectivity index (χ2n) is 8.54. The van der Waals surface area contributed by atoms with Crippen LogP contribution in [0.1, 0.15) is 68.3 Å². The minimum absolute atomic E-state index is 0.0665. The first-order valence-electron chi connectivity index (χ1n) is 10.9. The molecule has 5 nitrogen and oxygen atoms in total. The predicted octanol–water partition coefficient (Wildman–Crippen LogP) is 3.58. The Bertz CT molecular complexity index is 727. The number of fused-ring (bicyclic) bond motifs is 2. The van der Waals surface area contributed by atoms with Gasteiger partial charge in [0.1, 0.15) is 5.60 Å². The Labute approximate surface area is 168 Å². The molecule has 1 saturated heterocycles. The number of esters is 1. The lowest BCUT2D eigenvalue weighted by Crippen LogP contribution is -2.53. The van der Waals surface area contributed by atoms with E-state index < -0.39 is 5.60 Å². The highest BCUT2D eigenvalue weighted by molar-refractivity contribution is 5.94. The zero-order valence-corrected chi connectivity index (χ0v) is 17.2. The number of carbonyl (C=O) groups excluding carboxylic acids is 2. The number of hydrogen-bond donors (Lipinski definition) is 0. The Morgan fingerprint density at radius 2 is 1.75 bits per heavy atom. The van der Waals surface area contributed by atoms with E-state index in [0.29, 0.717) is 17.5 Å². The molecule has 1 aromatic rings. The molecule has 0 unspecified atom stereocenters. The van der Waals surface area contributed by atoms with E-state index in [0.717, 1.165) is 57.4 Å². The molecule has 152 valence electrons. The van der Waals surface area contributed by atoms with Crippen molar-refractivity contribution in [3.05, 3.63) is 35.4 Å². The lowest BCUT2D eigenvalue weighted by molar-refractivity contribution is -0.140. The smallest absolute Gasteiger partial charge is 0.339 e. The highest BCUT2D eigenvalue weighted by Gasteiger charge is 2.48. The Morgan fingerprint density at radius 1 is 1.11 bits per heavy atom. The SMILES string of the molecule is CCC(CC)N1CCN(C(=O)[C@H]2CC[C@@]3(CC2)OC(=O)c2ccccc23)CC1. The lowest BCUT2D eigenvalue weighted by Gasteiger charge is -2.41. The summed E-state index contributed by atoms with van der Waals surface area (Å²) in [6, 6.07) is 8.36. The van der Waals surface area contributed by atoms with Gasteiger partial charge in [-0.1, -0.05) is 32.0 Å². The molecule has 3 aliphatic rings. The van der Waals surface area contributed by atoms with Crippen LogP contribution in [-0.2, 0) is 15.1 Å². The van der Waals surface area contributed by atoms with Gasteiger partial charge in [0.05, 0.1) is 5.56 Å². The van der Waals surface area contributed by atoms with Crippen LogP contribution in [0.5, 0.6) is 0 Å². The minimum atomic E-state index is -0.501. The maximum absolute atomic E-state index is 13.1. The summed E-state index contributed by atoms with van der Waals surface area (Å²) in [6.45, 7) is 8.15. The molecular formula is C23H32N2O3. The number of carbonyl (C=O) groups is 2. The van der Waals surface area contributed by atoms with Gasteiger partial charge in [0.15, 0.2) is 0 Å². The van der Waals surface area contributed by atoms with Crippen LogP contribution in [-0.4, -0.2) is 53.9 Å². The van der Waals surface area contributed by atoms with Gasteiger partial charge in [0.25, 0.3) is 0 Å². The standard InChI is InChI=1S/C23H32N2O3/c1-3-18(4-2)24-13-15-25(16-14-24)21(26)17-9-11-23(12-10-17)20-8-6-5-7-19(20)22(27)28-23/h5-8,17-18H,3-4,9-16H2,1-2H3/t17-,23-. The summed E-state index contributed by atoms with van der Waals surface area (Å²) < 4.78 is 5.83. The maximum atomic E-state index is 13.1. The van der Waals surface area contributed by atoms with Crippen LogP contribution in [0.3, 0.4) is 0 Å². The molecular weight excluding hydrogens is 352 g/mol. The van der Waals surface area contributed by atoms with Gasteiger partial charge in [-0.05, 0) is 44.6 Å². The van der Waals surface area contributed by atoms with E-state index in [2.05, 4.69) is 23.6 Å². The average Bonchev–Trinajstić information content (AvgIpc) is 3.01. The van der Waals surface area contributed by atoms with Crippen molar-refractivity contribution in [2.24, 2.45) is 5.92 Å². The normalized spacial score (nSPS) is 27.9. The van der Waals surface area contributed by atoms with E-state index in [4.69, 9.17) is 4.74 Å². The third kappa shape index (κ3) is 3.34. The van der Waals surface area contributed by atoms with Gasteiger partial charge in [0.2, 0.25) is 5.91 Å². The summed E-state index contributed by atoms with van der Waals surface area (Å²) in [5.41, 5.74) is 1.22. The third-order valence-corrected chi connectivity index (χ3v) is 7.15. The van der Waals surface area contributed by atoms with Crippen LogP contribution in [0.25, 0.3) is 0 Å². The molecule has 28 heavy (non-hydrogen) atoms. The van der Waals surface area contributed by atoms with Gasteiger partial charge in [-0.15, -0.1) is 0 Å². The molecule has 2 aliphatic heterocycles. The van der Waals surface area contributed by atoms with Gasteiger partial charge in [0, 0.05) is 43.7 Å². The second-order valence-corrected chi connectivity index (χ2v) is 8.54. The topological polar surface area (TPSA) is 49.9 Å². The molecule has 1 saturated carbocycles. The number of piperazine rings is 1. The molecule has 1 spiro atoms. The van der Waals surface area contributed by atoms with E-state index >= 15 is 0 Å². The summed E-state index contributed by atoms with van der Waals surface area (Å²) >= 11 is 0. The van der Waals surface area contributed by atoms with Crippen molar-refractivity contribution in [2.45, 2.75) is 64.0 Å². The lowest BCUT2D eigenvalue weighted by atomic mass is 9.74. The van der Waals surface area contributed by atoms with E-state index in [1.165, 1.54) is 12.8 Å². The molecule has 2 fully saturated rings. The maximum Gasteiger partial charge on any atom is 0.339 e. The number of ether oxygens (including phenoxy) is 1. The van der Waals surface area contributed by atoms with E-state index in [1.54, 1.807) is 0 Å². The highest BCUT2D eigenvalue weighted by Crippen LogP contribution is 2.48. The first-order valence-corrected chi connectivity index (χ1v) is 10.9. The molecule has 0 radical (unpaired) electrons. The van der Waals surface area contributed by atoms with Crippen molar-refractivity contribution in [1.29, 1.82) is 0 Å². The molecule has 1 aliphatic carbocycles. The van der Waals surface area contributed by atoms with Crippen LogP contribution in [0.15, 0.2) is 24.3 Å². The van der Waals surface area contributed by atoms with Crippen LogP contribution in [0, 0.1) is 5.92 Å². The molecule has 0 atom stereocenters. The van der Waals surface area contributed by atoms with Crippen molar-refractivity contribution in [2.75, 3.05) is 26.2 Å². The molecule has 0 N–H and O–H groups in total. The van der Waals surface area contributed by atoms with Crippen molar-refractivity contribution < 1.29 is 14.3 Å². The number of rotatable bonds is 4.